The molecule has 2 saturated heterocycles. The fourth-order valence-corrected chi connectivity index (χ4v) is 2.43. The van der Waals surface area contributed by atoms with Crippen LogP contribution < -0.4 is 0 Å². The minimum Gasteiger partial charge on any atom is -0.388 e. The van der Waals surface area contributed by atoms with Gasteiger partial charge >= 0.3 is 0 Å². The molecule has 0 unspecified atom stereocenters. The van der Waals surface area contributed by atoms with Crippen LogP contribution in [0.1, 0.15) is 13.8 Å². The number of methoxy groups -OCH3 is 3. The largest absolute Gasteiger partial charge is 0.388 e. The summed E-state index contributed by atoms with van der Waals surface area (Å²) in [6.45, 7) is 3.53. The maximum atomic E-state index is 10.0. The van der Waals surface area contributed by atoms with Crippen LogP contribution in [-0.4, -0.2) is 69.2 Å². The molecule has 0 saturated carbocycles. The Bertz CT molecular complexity index is 325. The molecule has 0 bridgehead atoms. The van der Waals surface area contributed by atoms with Crippen molar-refractivity contribution >= 4 is 0 Å². The quantitative estimate of drug-likeness (QED) is 0.770. The smallest absolute Gasteiger partial charge is 0.220 e. The number of ether oxygens (including phenoxy) is 6. The molecule has 2 fully saturated rings. The molecule has 0 aromatic heterocycles. The fraction of sp³-hybridized carbons (Fsp3) is 1.00. The Morgan fingerprint density at radius 1 is 1.00 bits per heavy atom. The van der Waals surface area contributed by atoms with Crippen molar-refractivity contribution in [1.82, 2.24) is 0 Å². The molecule has 112 valence electrons. The lowest BCUT2D eigenvalue weighted by Crippen LogP contribution is -2.71. The van der Waals surface area contributed by atoms with Crippen LogP contribution in [0.3, 0.4) is 0 Å². The van der Waals surface area contributed by atoms with E-state index in [2.05, 4.69) is 0 Å². The Labute approximate surface area is 112 Å². The van der Waals surface area contributed by atoms with E-state index in [9.17, 15) is 5.11 Å². The zero-order chi connectivity index (χ0) is 14.3. The lowest BCUT2D eigenvalue weighted by molar-refractivity contribution is -0.478. The second-order valence-electron chi connectivity index (χ2n) is 4.97. The maximum absolute atomic E-state index is 10.0. The highest BCUT2D eigenvalue weighted by molar-refractivity contribution is 4.96. The van der Waals surface area contributed by atoms with E-state index in [-0.39, 0.29) is 6.61 Å². The Balaban J connectivity index is 2.29. The van der Waals surface area contributed by atoms with E-state index in [1.165, 1.54) is 21.3 Å². The van der Waals surface area contributed by atoms with Crippen LogP contribution in [0.15, 0.2) is 0 Å². The van der Waals surface area contributed by atoms with E-state index in [1.54, 1.807) is 13.8 Å². The first-order valence-corrected chi connectivity index (χ1v) is 6.19. The lowest BCUT2D eigenvalue weighted by atomic mass is 9.98. The molecule has 2 aliphatic rings. The van der Waals surface area contributed by atoms with E-state index in [4.69, 9.17) is 28.4 Å². The molecule has 0 aliphatic carbocycles. The highest BCUT2D eigenvalue weighted by Crippen LogP contribution is 2.42. The summed E-state index contributed by atoms with van der Waals surface area (Å²) in [5.41, 5.74) is 0. The number of fused-ring (bicyclic) bond motifs is 1. The van der Waals surface area contributed by atoms with Gasteiger partial charge in [0.25, 0.3) is 0 Å². The highest BCUT2D eigenvalue weighted by atomic mass is 16.8. The Hall–Kier alpha value is -0.280. The summed E-state index contributed by atoms with van der Waals surface area (Å²) in [5, 5.41) is 10.0. The number of hydrogen-bond acceptors (Lipinski definition) is 7. The first-order valence-electron chi connectivity index (χ1n) is 6.19. The van der Waals surface area contributed by atoms with Gasteiger partial charge in [-0.15, -0.1) is 0 Å². The molecule has 6 atom stereocenters. The summed E-state index contributed by atoms with van der Waals surface area (Å²) >= 11 is 0. The molecular formula is C12H22O7. The number of hydrogen-bond donors (Lipinski definition) is 1. The normalized spacial score (nSPS) is 50.8. The van der Waals surface area contributed by atoms with Gasteiger partial charge in [0.2, 0.25) is 11.6 Å². The minimum atomic E-state index is -1.14. The van der Waals surface area contributed by atoms with Crippen LogP contribution in [0.5, 0.6) is 0 Å². The molecule has 2 aliphatic heterocycles. The van der Waals surface area contributed by atoms with Gasteiger partial charge in [0.15, 0.2) is 6.29 Å². The van der Waals surface area contributed by atoms with Crippen molar-refractivity contribution in [1.29, 1.82) is 0 Å². The second-order valence-corrected chi connectivity index (χ2v) is 4.97. The summed E-state index contributed by atoms with van der Waals surface area (Å²) < 4.78 is 33.2. The molecule has 0 aromatic carbocycles. The van der Waals surface area contributed by atoms with Gasteiger partial charge in [0.05, 0.1) is 6.61 Å². The number of aliphatic hydroxyl groups is 1. The molecule has 0 aromatic rings. The van der Waals surface area contributed by atoms with Crippen molar-refractivity contribution in [2.24, 2.45) is 0 Å². The monoisotopic (exact) mass is 278 g/mol. The van der Waals surface area contributed by atoms with Crippen molar-refractivity contribution in [3.8, 4) is 0 Å². The first kappa shape index (κ1) is 15.1. The zero-order valence-electron chi connectivity index (χ0n) is 11.9. The van der Waals surface area contributed by atoms with Gasteiger partial charge in [-0.2, -0.15) is 0 Å². The fourth-order valence-electron chi connectivity index (χ4n) is 2.43. The third-order valence-electron chi connectivity index (χ3n) is 3.96. The van der Waals surface area contributed by atoms with Crippen molar-refractivity contribution in [3.63, 3.8) is 0 Å². The van der Waals surface area contributed by atoms with Gasteiger partial charge in [-0.1, -0.05) is 0 Å². The van der Waals surface area contributed by atoms with Crippen LogP contribution in [-0.2, 0) is 28.4 Å². The Morgan fingerprint density at radius 2 is 1.53 bits per heavy atom. The lowest BCUT2D eigenvalue weighted by Gasteiger charge is -2.55. The van der Waals surface area contributed by atoms with Gasteiger partial charge in [-0.25, -0.2) is 0 Å². The van der Waals surface area contributed by atoms with E-state index < -0.39 is 36.2 Å². The topological polar surface area (TPSA) is 75.6 Å². The van der Waals surface area contributed by atoms with Crippen LogP contribution in [0, 0.1) is 0 Å². The van der Waals surface area contributed by atoms with E-state index >= 15 is 0 Å². The third-order valence-corrected chi connectivity index (χ3v) is 3.96. The Kier molecular flexibility index (Phi) is 4.18. The molecule has 1 N–H and O–H groups in total. The van der Waals surface area contributed by atoms with Gasteiger partial charge < -0.3 is 33.5 Å². The maximum Gasteiger partial charge on any atom is 0.220 e. The third kappa shape index (κ3) is 2.29. The molecule has 7 nitrogen and oxygen atoms in total. The summed E-state index contributed by atoms with van der Waals surface area (Å²) in [4.78, 5) is 0. The minimum absolute atomic E-state index is 0.118. The van der Waals surface area contributed by atoms with Crippen molar-refractivity contribution in [2.75, 3.05) is 27.9 Å². The molecule has 0 radical (unpaired) electrons. The Morgan fingerprint density at radius 3 is 2.00 bits per heavy atom. The summed E-state index contributed by atoms with van der Waals surface area (Å²) in [7, 11) is 4.51. The van der Waals surface area contributed by atoms with Crippen LogP contribution in [0.4, 0.5) is 0 Å². The first-order chi connectivity index (χ1) is 8.90. The molecule has 19 heavy (non-hydrogen) atoms. The predicted octanol–water partition coefficient (Wildman–Crippen LogP) is -0.141. The SMILES string of the molecule is CO[C@@H]1OC[C@@H](O)[C@H]2O[C@](C)(OC)[C@@](C)(OC)O[C@H]12. The van der Waals surface area contributed by atoms with Crippen LogP contribution in [0.25, 0.3) is 0 Å². The van der Waals surface area contributed by atoms with Gasteiger partial charge in [0.1, 0.15) is 18.3 Å². The van der Waals surface area contributed by atoms with Gasteiger partial charge in [0, 0.05) is 21.3 Å². The van der Waals surface area contributed by atoms with Crippen molar-refractivity contribution in [3.05, 3.63) is 0 Å². The van der Waals surface area contributed by atoms with Crippen LogP contribution in [0.2, 0.25) is 0 Å². The van der Waals surface area contributed by atoms with E-state index in [0.717, 1.165) is 0 Å². The van der Waals surface area contributed by atoms with Crippen molar-refractivity contribution < 1.29 is 33.5 Å². The summed E-state index contributed by atoms with van der Waals surface area (Å²) in [6.07, 6.45) is -2.63. The highest BCUT2D eigenvalue weighted by Gasteiger charge is 2.60. The molecule has 2 rings (SSSR count). The van der Waals surface area contributed by atoms with E-state index in [1.807, 2.05) is 0 Å². The average molecular weight is 278 g/mol. The van der Waals surface area contributed by atoms with E-state index in [0.29, 0.717) is 0 Å². The van der Waals surface area contributed by atoms with Crippen molar-refractivity contribution in [2.45, 2.75) is 50.0 Å². The molecule has 2 heterocycles. The van der Waals surface area contributed by atoms with Gasteiger partial charge in [-0.05, 0) is 13.8 Å². The standard InChI is InChI=1S/C12H22O7/c1-11(15-4)12(2,16-5)19-9-8(18-11)7(13)6-17-10(9)14-3/h7-10,13H,6H2,1-5H3/t7-,8-,9+,10-,11+,12+/m1/s1. The molecule has 7 heteroatoms. The molecule has 0 amide bonds. The zero-order valence-corrected chi connectivity index (χ0v) is 11.9. The average Bonchev–Trinajstić information content (AvgIpc) is 2.41. The number of rotatable bonds is 3. The van der Waals surface area contributed by atoms with Crippen LogP contribution >= 0.6 is 0 Å². The molecule has 0 spiro atoms. The van der Waals surface area contributed by atoms with Gasteiger partial charge in [-0.3, -0.25) is 0 Å². The molecular weight excluding hydrogens is 256 g/mol. The summed E-state index contributed by atoms with van der Waals surface area (Å²) in [6, 6.07) is 0. The summed E-state index contributed by atoms with van der Waals surface area (Å²) in [5.74, 6) is -2.28. The predicted molar refractivity (Wildman–Crippen MR) is 63.3 cm³/mol. The second kappa shape index (κ2) is 5.25. The number of aliphatic hydroxyl groups excluding tert-OH is 1.